The zero-order chi connectivity index (χ0) is 52.3. The van der Waals surface area contributed by atoms with Gasteiger partial charge in [-0.2, -0.15) is 4.31 Å². The quantitative estimate of drug-likeness (QED) is 0.0633. The monoisotopic (exact) mass is 1090 g/mol. The van der Waals surface area contributed by atoms with Crippen molar-refractivity contribution in [3.05, 3.63) is 143 Å². The minimum atomic E-state index is -4.45. The maximum absolute atomic E-state index is 14.8. The molecule has 1 aliphatic carbocycles. The molecule has 1 fully saturated rings. The maximum atomic E-state index is 14.8. The summed E-state index contributed by atoms with van der Waals surface area (Å²) < 4.78 is 101. The zero-order valence-corrected chi connectivity index (χ0v) is 43.4. The van der Waals surface area contributed by atoms with Crippen LogP contribution in [0.4, 0.5) is 39.6 Å². The number of rotatable bonds is 17. The van der Waals surface area contributed by atoms with E-state index in [0.29, 0.717) is 51.3 Å². The Hall–Kier alpha value is -7.61. The first-order valence-electron chi connectivity index (χ1n) is 23.7. The highest BCUT2D eigenvalue weighted by Crippen LogP contribution is 2.41. The normalized spacial score (nSPS) is 14.2. The number of morpholine rings is 1. The van der Waals surface area contributed by atoms with E-state index in [1.807, 2.05) is 0 Å². The number of carbonyl (C=O) groups excluding carboxylic acids is 2. The molecule has 4 heterocycles. The first-order chi connectivity index (χ1) is 36.1. The van der Waals surface area contributed by atoms with Crippen molar-refractivity contribution in [2.75, 3.05) is 64.4 Å². The highest BCUT2D eigenvalue weighted by molar-refractivity contribution is 7.93. The summed E-state index contributed by atoms with van der Waals surface area (Å²) in [6.45, 7) is 1.48. The van der Waals surface area contributed by atoms with Gasteiger partial charge in [-0.05, 0) is 116 Å². The van der Waals surface area contributed by atoms with Gasteiger partial charge in [0.25, 0.3) is 20.0 Å². The van der Waals surface area contributed by atoms with Gasteiger partial charge >= 0.3 is 5.97 Å². The number of aryl methyl sites for hydroxylation is 1. The van der Waals surface area contributed by atoms with Crippen LogP contribution >= 0.6 is 11.3 Å². The van der Waals surface area contributed by atoms with E-state index in [1.54, 1.807) is 78.9 Å². The second-order valence-electron chi connectivity index (χ2n) is 17.3. The number of fused-ring (bicyclic) bond motifs is 3. The van der Waals surface area contributed by atoms with E-state index in [1.165, 1.54) is 71.1 Å². The number of hydrogen-bond donors (Lipinski definition) is 4. The smallest absolute Gasteiger partial charge is 0.341 e. The Morgan fingerprint density at radius 3 is 1.88 bits per heavy atom. The number of sulfonamides is 3. The fraction of sp³-hybridized carbons (Fsp3) is 0.216. The molecule has 4 N–H and O–H groups in total. The number of thiophene rings is 1. The fourth-order valence-corrected chi connectivity index (χ4v) is 13.7. The van der Waals surface area contributed by atoms with Crippen LogP contribution < -0.4 is 25.0 Å². The molecule has 8 aromatic rings. The van der Waals surface area contributed by atoms with Crippen LogP contribution in [0.2, 0.25) is 0 Å². The van der Waals surface area contributed by atoms with Gasteiger partial charge in [-0.25, -0.2) is 54.3 Å². The average molecular weight is 1090 g/mol. The summed E-state index contributed by atoms with van der Waals surface area (Å²) in [6.07, 6.45) is 2.88. The van der Waals surface area contributed by atoms with Crippen LogP contribution in [-0.2, 0) is 57.2 Å². The average Bonchev–Trinajstić information content (AvgIpc) is 3.78. The molecule has 3 aromatic heterocycles. The van der Waals surface area contributed by atoms with E-state index in [-0.39, 0.29) is 75.7 Å². The van der Waals surface area contributed by atoms with Gasteiger partial charge in [0.2, 0.25) is 15.9 Å². The lowest BCUT2D eigenvalue weighted by atomic mass is 9.95. The van der Waals surface area contributed by atoms with Gasteiger partial charge in [0.1, 0.15) is 11.6 Å². The molecular formula is C51H48N10O10S4. The number of nitrogens with one attached hydrogen (secondary N) is 4. The van der Waals surface area contributed by atoms with Gasteiger partial charge in [-0.3, -0.25) is 9.52 Å². The van der Waals surface area contributed by atoms with Crippen molar-refractivity contribution >= 4 is 115 Å². The Morgan fingerprint density at radius 2 is 1.23 bits per heavy atom. The lowest BCUT2D eigenvalue weighted by molar-refractivity contribution is -0.114. The van der Waals surface area contributed by atoms with Gasteiger partial charge in [0.15, 0.2) is 23.3 Å². The highest BCUT2D eigenvalue weighted by atomic mass is 32.2. The third-order valence-electron chi connectivity index (χ3n) is 12.3. The number of ether oxygens (including phenoxy) is 2. The van der Waals surface area contributed by atoms with Crippen molar-refractivity contribution in [3.63, 3.8) is 0 Å². The van der Waals surface area contributed by atoms with E-state index < -0.39 is 49.2 Å². The van der Waals surface area contributed by atoms with Crippen molar-refractivity contribution < 1.29 is 44.3 Å². The van der Waals surface area contributed by atoms with E-state index >= 15 is 0 Å². The molecule has 5 aromatic carbocycles. The number of esters is 1. The summed E-state index contributed by atoms with van der Waals surface area (Å²) in [6, 6.07) is 33.1. The molecule has 24 heteroatoms. The minimum absolute atomic E-state index is 0.00296. The van der Waals surface area contributed by atoms with Crippen molar-refractivity contribution in [2.45, 2.75) is 47.3 Å². The molecule has 1 amide bonds. The molecule has 0 spiro atoms. The van der Waals surface area contributed by atoms with Crippen LogP contribution in [0.1, 0.15) is 40.6 Å². The predicted molar refractivity (Wildman–Crippen MR) is 285 cm³/mol. The Bertz CT molecular complexity index is 3810. The number of hydrogen-bond acceptors (Lipinski definition) is 17. The first-order valence-corrected chi connectivity index (χ1v) is 28.9. The maximum Gasteiger partial charge on any atom is 0.341 e. The molecule has 0 saturated carbocycles. The van der Waals surface area contributed by atoms with Crippen LogP contribution in [0.15, 0.2) is 142 Å². The molecule has 0 radical (unpaired) electrons. The minimum Gasteiger partial charge on any atom is -0.460 e. The number of para-hydroxylation sites is 4. The predicted octanol–water partition coefficient (Wildman–Crippen LogP) is 7.83. The number of nitrogens with zero attached hydrogens (tertiary/aromatic N) is 6. The van der Waals surface area contributed by atoms with Gasteiger partial charge in [-0.1, -0.05) is 42.5 Å². The first kappa shape index (κ1) is 50.9. The van der Waals surface area contributed by atoms with Crippen LogP contribution in [0.25, 0.3) is 22.1 Å². The zero-order valence-electron chi connectivity index (χ0n) is 40.1. The van der Waals surface area contributed by atoms with Gasteiger partial charge in [0.05, 0.1) is 62.1 Å². The van der Waals surface area contributed by atoms with Crippen LogP contribution in [-0.4, -0.2) is 101 Å². The number of benzene rings is 5. The van der Waals surface area contributed by atoms with E-state index in [4.69, 9.17) is 24.4 Å². The molecule has 1 saturated heterocycles. The lowest BCUT2D eigenvalue weighted by Gasteiger charge is -2.26. The number of aromatic nitrogens is 4. The fourth-order valence-electron chi connectivity index (χ4n) is 8.63. The molecule has 0 bridgehead atoms. The SMILES string of the molecule is CC(=O)Nc1ccc(S(=O)(=O)Nc2nc3ccccc3nc2Nc2sc3c(c2C(=O)OCCN(c2nc4ccccc4nc2Nc2ccc(S(=O)(=O)N4CCOCC4)cc2)S(=O)(=O)c2ccccc2)CCCC3)cc1. The Labute approximate surface area is 436 Å². The second-order valence-corrected chi connectivity index (χ2v) is 23.9. The van der Waals surface area contributed by atoms with Crippen molar-refractivity contribution in [1.29, 1.82) is 0 Å². The summed E-state index contributed by atoms with van der Waals surface area (Å²) in [4.78, 5) is 46.0. The van der Waals surface area contributed by atoms with Gasteiger partial charge in [0, 0.05) is 36.3 Å². The van der Waals surface area contributed by atoms with Crippen molar-refractivity contribution in [1.82, 2.24) is 24.2 Å². The Morgan fingerprint density at radius 1 is 0.653 bits per heavy atom. The molecule has 2 aliphatic rings. The summed E-state index contributed by atoms with van der Waals surface area (Å²) in [5, 5.41) is 9.32. The summed E-state index contributed by atoms with van der Waals surface area (Å²) in [7, 11) is -12.5. The second kappa shape index (κ2) is 21.3. The van der Waals surface area contributed by atoms with Crippen LogP contribution in [0.3, 0.4) is 0 Å². The molecular weight excluding hydrogens is 1040 g/mol. The third kappa shape index (κ3) is 11.0. The molecule has 0 unspecified atom stereocenters. The Kier molecular flexibility index (Phi) is 14.5. The molecule has 1 aliphatic heterocycles. The van der Waals surface area contributed by atoms with Gasteiger partial charge in [-0.15, -0.1) is 11.3 Å². The number of anilines is 7. The molecule has 10 rings (SSSR count). The largest absolute Gasteiger partial charge is 0.460 e. The Balaban J connectivity index is 0.963. The molecule has 386 valence electrons. The lowest BCUT2D eigenvalue weighted by Crippen LogP contribution is -2.40. The number of carbonyl (C=O) groups is 2. The van der Waals surface area contributed by atoms with E-state index in [2.05, 4.69) is 25.7 Å². The van der Waals surface area contributed by atoms with E-state index in [0.717, 1.165) is 27.6 Å². The van der Waals surface area contributed by atoms with E-state index in [9.17, 15) is 34.8 Å². The molecule has 20 nitrogen and oxygen atoms in total. The van der Waals surface area contributed by atoms with Crippen LogP contribution in [0, 0.1) is 0 Å². The standard InChI is InChI=1S/C51H48N10O10S4/c1-33(62)52-34-19-23-36(24-20-34)73(64,65)59-47-46(54-40-14-6-7-15-41(40)55-47)58-50-45(39-13-5-10-18-44(39)72-50)51(63)71-32-29-61(75(68,69)37-11-3-2-4-12-37)49-48(56-42-16-8-9-17-43(42)57-49)53-35-21-25-38(26-22-35)74(66,67)60-27-30-70-31-28-60/h2-4,6-9,11-12,14-17,19-26H,5,10,13,18,27-32H2,1H3,(H,52,62)(H,53,56)(H,54,58)(H,55,59). The summed E-state index contributed by atoms with van der Waals surface area (Å²) >= 11 is 1.31. The molecule has 75 heavy (non-hydrogen) atoms. The third-order valence-corrected chi connectivity index (χ3v) is 18.5. The summed E-state index contributed by atoms with van der Waals surface area (Å²) in [5.74, 6) is -1.33. The van der Waals surface area contributed by atoms with Crippen molar-refractivity contribution in [3.8, 4) is 0 Å². The highest BCUT2D eigenvalue weighted by Gasteiger charge is 2.33. The van der Waals surface area contributed by atoms with Crippen LogP contribution in [0.5, 0.6) is 0 Å². The molecule has 0 atom stereocenters. The van der Waals surface area contributed by atoms with Gasteiger partial charge < -0.3 is 25.4 Å². The topological polar surface area (TPSA) is 261 Å². The van der Waals surface area contributed by atoms with Crippen molar-refractivity contribution in [2.24, 2.45) is 0 Å². The number of amides is 1. The summed E-state index contributed by atoms with van der Waals surface area (Å²) in [5.41, 5.74) is 3.37.